The van der Waals surface area contributed by atoms with Gasteiger partial charge in [0.2, 0.25) is 11.8 Å². The second-order valence-corrected chi connectivity index (χ2v) is 4.99. The maximum Gasteiger partial charge on any atom is 0.303 e. The van der Waals surface area contributed by atoms with Gasteiger partial charge < -0.3 is 10.0 Å². The Morgan fingerprint density at radius 1 is 1.22 bits per heavy atom. The molecule has 100 valence electrons. The number of nitrogens with zero attached hydrogens (tertiary/aromatic N) is 2. The quantitative estimate of drug-likeness (QED) is 0.695. The summed E-state index contributed by atoms with van der Waals surface area (Å²) in [6, 6.07) is 0. The fourth-order valence-electron chi connectivity index (χ4n) is 2.64. The number of carboxylic acid groups (broad SMARTS) is 1. The van der Waals surface area contributed by atoms with Crippen molar-refractivity contribution >= 4 is 17.8 Å². The molecule has 0 radical (unpaired) electrons. The number of imide groups is 1. The molecule has 0 saturated carbocycles. The summed E-state index contributed by atoms with van der Waals surface area (Å²) in [5.74, 6) is -0.721. The molecule has 2 fully saturated rings. The molecule has 0 aromatic rings. The molecule has 2 amide bonds. The molecular formula is C12H18N2O4. The molecule has 1 N–H and O–H groups in total. The van der Waals surface area contributed by atoms with Crippen LogP contribution in [0.5, 0.6) is 0 Å². The molecule has 0 bridgehead atoms. The Kier molecular flexibility index (Phi) is 3.96. The lowest BCUT2D eigenvalue weighted by molar-refractivity contribution is -0.139. The minimum absolute atomic E-state index is 0.0821. The predicted molar refractivity (Wildman–Crippen MR) is 62.8 cm³/mol. The van der Waals surface area contributed by atoms with Gasteiger partial charge in [0.1, 0.15) is 0 Å². The van der Waals surface area contributed by atoms with E-state index < -0.39 is 5.97 Å². The molecule has 2 aliphatic heterocycles. The van der Waals surface area contributed by atoms with Gasteiger partial charge in [0.05, 0.1) is 0 Å². The van der Waals surface area contributed by atoms with Gasteiger partial charge >= 0.3 is 5.97 Å². The Bertz CT molecular complexity index is 353. The van der Waals surface area contributed by atoms with Crippen LogP contribution in [0.25, 0.3) is 0 Å². The maximum absolute atomic E-state index is 11.4. The number of amides is 2. The van der Waals surface area contributed by atoms with Crippen LogP contribution in [0.4, 0.5) is 0 Å². The SMILES string of the molecule is O=C(O)CC1CCN(CCN2C(=O)CCC2=O)C1. The van der Waals surface area contributed by atoms with Gasteiger partial charge in [0.25, 0.3) is 0 Å². The molecule has 0 spiro atoms. The Morgan fingerprint density at radius 3 is 2.50 bits per heavy atom. The number of likely N-dealkylation sites (tertiary alicyclic amines) is 2. The van der Waals surface area contributed by atoms with Crippen LogP contribution in [0.1, 0.15) is 25.7 Å². The highest BCUT2D eigenvalue weighted by Crippen LogP contribution is 2.19. The Labute approximate surface area is 106 Å². The molecule has 2 heterocycles. The van der Waals surface area contributed by atoms with Crippen molar-refractivity contribution in [3.63, 3.8) is 0 Å². The van der Waals surface area contributed by atoms with Crippen molar-refractivity contribution in [2.75, 3.05) is 26.2 Å². The molecule has 0 aromatic carbocycles. The third kappa shape index (κ3) is 3.07. The van der Waals surface area contributed by atoms with Crippen molar-refractivity contribution < 1.29 is 19.5 Å². The first kappa shape index (κ1) is 13.0. The van der Waals surface area contributed by atoms with Crippen molar-refractivity contribution in [3.05, 3.63) is 0 Å². The zero-order valence-corrected chi connectivity index (χ0v) is 10.3. The zero-order valence-electron chi connectivity index (χ0n) is 10.3. The van der Waals surface area contributed by atoms with E-state index in [1.165, 1.54) is 4.90 Å². The lowest BCUT2D eigenvalue weighted by Gasteiger charge is -2.20. The molecule has 18 heavy (non-hydrogen) atoms. The predicted octanol–water partition coefficient (Wildman–Crippen LogP) is -0.0680. The number of hydrogen-bond acceptors (Lipinski definition) is 4. The van der Waals surface area contributed by atoms with Crippen LogP contribution in [0.3, 0.4) is 0 Å². The summed E-state index contributed by atoms with van der Waals surface area (Å²) in [5.41, 5.74) is 0. The number of hydrogen-bond donors (Lipinski definition) is 1. The zero-order chi connectivity index (χ0) is 13.1. The summed E-state index contributed by atoms with van der Waals surface area (Å²) >= 11 is 0. The molecule has 1 atom stereocenters. The van der Waals surface area contributed by atoms with E-state index >= 15 is 0 Å². The molecule has 2 aliphatic rings. The second kappa shape index (κ2) is 5.48. The van der Waals surface area contributed by atoms with E-state index in [2.05, 4.69) is 4.90 Å². The molecule has 0 aromatic heterocycles. The number of carbonyl (C=O) groups is 3. The van der Waals surface area contributed by atoms with Crippen LogP contribution in [0, 0.1) is 5.92 Å². The summed E-state index contributed by atoms with van der Waals surface area (Å²) in [6.45, 7) is 2.71. The van der Waals surface area contributed by atoms with E-state index in [9.17, 15) is 14.4 Å². The Balaban J connectivity index is 1.73. The standard InChI is InChI=1S/C12H18N2O4/c15-10-1-2-11(16)14(10)6-5-13-4-3-9(8-13)7-12(17)18/h9H,1-8H2,(H,17,18). The molecule has 2 saturated heterocycles. The smallest absolute Gasteiger partial charge is 0.303 e. The lowest BCUT2D eigenvalue weighted by atomic mass is 10.1. The van der Waals surface area contributed by atoms with Crippen LogP contribution in [-0.4, -0.2) is 58.9 Å². The molecular weight excluding hydrogens is 236 g/mol. The van der Waals surface area contributed by atoms with Crippen molar-refractivity contribution in [1.29, 1.82) is 0 Å². The number of carboxylic acids is 1. The first-order chi connectivity index (χ1) is 8.56. The second-order valence-electron chi connectivity index (χ2n) is 4.99. The minimum Gasteiger partial charge on any atom is -0.481 e. The third-order valence-corrected chi connectivity index (χ3v) is 3.63. The molecule has 0 aliphatic carbocycles. The topological polar surface area (TPSA) is 77.9 Å². The van der Waals surface area contributed by atoms with Crippen molar-refractivity contribution in [2.24, 2.45) is 5.92 Å². The van der Waals surface area contributed by atoms with E-state index in [4.69, 9.17) is 5.11 Å². The van der Waals surface area contributed by atoms with Gasteiger partial charge in [-0.3, -0.25) is 19.3 Å². The first-order valence-corrected chi connectivity index (χ1v) is 6.33. The van der Waals surface area contributed by atoms with Gasteiger partial charge in [-0.1, -0.05) is 0 Å². The molecule has 6 nitrogen and oxygen atoms in total. The minimum atomic E-state index is -0.758. The summed E-state index contributed by atoms with van der Waals surface area (Å²) in [6.07, 6.45) is 1.76. The van der Waals surface area contributed by atoms with Gasteiger partial charge in [0, 0.05) is 38.9 Å². The maximum atomic E-state index is 11.4. The monoisotopic (exact) mass is 254 g/mol. The van der Waals surface area contributed by atoms with Crippen LogP contribution < -0.4 is 0 Å². The van der Waals surface area contributed by atoms with E-state index in [1.807, 2.05) is 0 Å². The van der Waals surface area contributed by atoms with Gasteiger partial charge in [-0.15, -0.1) is 0 Å². The largest absolute Gasteiger partial charge is 0.481 e. The van der Waals surface area contributed by atoms with Crippen molar-refractivity contribution in [3.8, 4) is 0 Å². The number of carbonyl (C=O) groups excluding carboxylic acids is 2. The normalized spacial score (nSPS) is 25.1. The van der Waals surface area contributed by atoms with E-state index in [-0.39, 0.29) is 24.2 Å². The Morgan fingerprint density at radius 2 is 1.89 bits per heavy atom. The summed E-state index contributed by atoms with van der Waals surface area (Å²) in [4.78, 5) is 36.9. The fourth-order valence-corrected chi connectivity index (χ4v) is 2.64. The lowest BCUT2D eigenvalue weighted by Crippen LogP contribution is -2.37. The van der Waals surface area contributed by atoms with Gasteiger partial charge in [-0.2, -0.15) is 0 Å². The first-order valence-electron chi connectivity index (χ1n) is 6.33. The third-order valence-electron chi connectivity index (χ3n) is 3.63. The average molecular weight is 254 g/mol. The van der Waals surface area contributed by atoms with Gasteiger partial charge in [-0.25, -0.2) is 0 Å². The highest BCUT2D eigenvalue weighted by molar-refractivity contribution is 6.01. The fraction of sp³-hybridized carbons (Fsp3) is 0.750. The van der Waals surface area contributed by atoms with Gasteiger partial charge in [0.15, 0.2) is 0 Å². The Hall–Kier alpha value is -1.43. The van der Waals surface area contributed by atoms with E-state index in [0.29, 0.717) is 25.9 Å². The van der Waals surface area contributed by atoms with Crippen LogP contribution in [-0.2, 0) is 14.4 Å². The number of rotatable bonds is 5. The highest BCUT2D eigenvalue weighted by Gasteiger charge is 2.30. The average Bonchev–Trinajstić information content (AvgIpc) is 2.84. The van der Waals surface area contributed by atoms with Crippen molar-refractivity contribution in [1.82, 2.24) is 9.80 Å². The molecule has 1 unspecified atom stereocenters. The summed E-state index contributed by atoms with van der Waals surface area (Å²) in [7, 11) is 0. The van der Waals surface area contributed by atoms with E-state index in [1.54, 1.807) is 0 Å². The highest BCUT2D eigenvalue weighted by atomic mass is 16.4. The summed E-state index contributed by atoms with van der Waals surface area (Å²) < 4.78 is 0. The van der Waals surface area contributed by atoms with E-state index in [0.717, 1.165) is 19.5 Å². The molecule has 2 rings (SSSR count). The van der Waals surface area contributed by atoms with Crippen molar-refractivity contribution in [2.45, 2.75) is 25.7 Å². The number of aliphatic carboxylic acids is 1. The van der Waals surface area contributed by atoms with Gasteiger partial charge in [-0.05, 0) is 18.9 Å². The summed E-state index contributed by atoms with van der Waals surface area (Å²) in [5, 5.41) is 8.72. The van der Waals surface area contributed by atoms with Crippen LogP contribution in [0.2, 0.25) is 0 Å². The van der Waals surface area contributed by atoms with Crippen LogP contribution in [0.15, 0.2) is 0 Å². The molecule has 6 heteroatoms. The van der Waals surface area contributed by atoms with Crippen LogP contribution >= 0.6 is 0 Å².